The molecule has 1 amide bonds. The number of ether oxygens (including phenoxy) is 1. The van der Waals surface area contributed by atoms with Crippen LogP contribution < -0.4 is 10.2 Å². The van der Waals surface area contributed by atoms with Crippen LogP contribution in [0.25, 0.3) is 0 Å². The molecular formula is C24H29ClN2O2. The Balaban J connectivity index is 1.48. The van der Waals surface area contributed by atoms with Gasteiger partial charge in [0.2, 0.25) is 5.91 Å². The second-order valence-electron chi connectivity index (χ2n) is 8.24. The summed E-state index contributed by atoms with van der Waals surface area (Å²) in [5.41, 5.74) is 2.63. The number of halogens is 1. The molecule has 1 aliphatic heterocycles. The van der Waals surface area contributed by atoms with Gasteiger partial charge < -0.3 is 15.0 Å². The largest absolute Gasteiger partial charge is 0.380 e. The summed E-state index contributed by atoms with van der Waals surface area (Å²) in [4.78, 5) is 15.7. The molecule has 1 saturated heterocycles. The zero-order chi connectivity index (χ0) is 20.3. The average molecular weight is 413 g/mol. The fourth-order valence-electron chi connectivity index (χ4n) is 4.77. The lowest BCUT2D eigenvalue weighted by Crippen LogP contribution is -2.39. The Labute approximate surface area is 178 Å². The number of benzene rings is 2. The van der Waals surface area contributed by atoms with Crippen LogP contribution in [0.15, 0.2) is 48.5 Å². The molecule has 0 radical (unpaired) electrons. The smallest absolute Gasteiger partial charge is 0.235 e. The van der Waals surface area contributed by atoms with Gasteiger partial charge in [-0.2, -0.15) is 0 Å². The van der Waals surface area contributed by atoms with Crippen molar-refractivity contribution in [2.45, 2.75) is 50.0 Å². The first-order chi connectivity index (χ1) is 14.1. The van der Waals surface area contributed by atoms with E-state index in [2.05, 4.69) is 22.3 Å². The van der Waals surface area contributed by atoms with Crippen molar-refractivity contribution in [2.75, 3.05) is 30.4 Å². The molecule has 2 fully saturated rings. The predicted octanol–water partition coefficient (Wildman–Crippen LogP) is 5.41. The molecule has 2 aromatic rings. The van der Waals surface area contributed by atoms with E-state index in [1.54, 1.807) is 7.11 Å². The molecular weight excluding hydrogens is 384 g/mol. The summed E-state index contributed by atoms with van der Waals surface area (Å²) in [5, 5.41) is 3.87. The third-order valence-corrected chi connectivity index (χ3v) is 6.74. The molecule has 0 spiro atoms. The van der Waals surface area contributed by atoms with Crippen molar-refractivity contribution in [1.29, 1.82) is 0 Å². The van der Waals surface area contributed by atoms with Gasteiger partial charge in [0.05, 0.1) is 11.5 Å². The second kappa shape index (κ2) is 8.76. The summed E-state index contributed by atoms with van der Waals surface area (Å²) < 4.78 is 5.53. The van der Waals surface area contributed by atoms with Crippen LogP contribution in [0.2, 0.25) is 5.02 Å². The van der Waals surface area contributed by atoms with Gasteiger partial charge in [0.15, 0.2) is 0 Å². The molecule has 2 aromatic carbocycles. The van der Waals surface area contributed by atoms with E-state index in [0.717, 1.165) is 62.9 Å². The minimum Gasteiger partial charge on any atom is -0.380 e. The number of amides is 1. The van der Waals surface area contributed by atoms with E-state index >= 15 is 0 Å². The fraction of sp³-hybridized carbons (Fsp3) is 0.458. The molecule has 1 heterocycles. The average Bonchev–Trinajstić information content (AvgIpc) is 3.26. The minimum atomic E-state index is -0.457. The summed E-state index contributed by atoms with van der Waals surface area (Å²) in [5.74, 6) is 0.0856. The topological polar surface area (TPSA) is 41.6 Å². The van der Waals surface area contributed by atoms with Crippen LogP contribution in [-0.2, 0) is 14.9 Å². The lowest BCUT2D eigenvalue weighted by Gasteiger charge is -2.33. The molecule has 4 nitrogen and oxygen atoms in total. The van der Waals surface area contributed by atoms with Gasteiger partial charge in [-0.05, 0) is 67.6 Å². The van der Waals surface area contributed by atoms with Gasteiger partial charge in [-0.25, -0.2) is 0 Å². The molecule has 5 heteroatoms. The van der Waals surface area contributed by atoms with Crippen LogP contribution in [0.5, 0.6) is 0 Å². The number of piperidine rings is 1. The first-order valence-electron chi connectivity index (χ1n) is 10.6. The standard InChI is InChI=1S/C24H29ClN2O2/c1-29-22-5-4-16-27(17-22)21-12-10-20(11-13-21)26-23(28)24(14-2-3-15-24)18-6-8-19(25)9-7-18/h6-13,22H,2-5,14-17H2,1H3,(H,26,28). The lowest BCUT2D eigenvalue weighted by molar-refractivity contribution is -0.121. The first kappa shape index (κ1) is 20.2. The first-order valence-corrected chi connectivity index (χ1v) is 10.9. The molecule has 1 N–H and O–H groups in total. The van der Waals surface area contributed by atoms with Crippen molar-refractivity contribution < 1.29 is 9.53 Å². The van der Waals surface area contributed by atoms with Gasteiger partial charge in [-0.15, -0.1) is 0 Å². The van der Waals surface area contributed by atoms with Gasteiger partial charge in [0.1, 0.15) is 0 Å². The lowest BCUT2D eigenvalue weighted by atomic mass is 9.78. The SMILES string of the molecule is COC1CCCN(c2ccc(NC(=O)C3(c4ccc(Cl)cc4)CCCC3)cc2)C1. The molecule has 1 saturated carbocycles. The third-order valence-electron chi connectivity index (χ3n) is 6.49. The number of nitrogens with zero attached hydrogens (tertiary/aromatic N) is 1. The fourth-order valence-corrected chi connectivity index (χ4v) is 4.89. The molecule has 154 valence electrons. The Bertz CT molecular complexity index is 829. The Kier molecular flexibility index (Phi) is 6.12. The zero-order valence-electron chi connectivity index (χ0n) is 17.0. The number of nitrogens with one attached hydrogen (secondary N) is 1. The Hall–Kier alpha value is -2.04. The number of rotatable bonds is 5. The Morgan fingerprint density at radius 3 is 2.41 bits per heavy atom. The van der Waals surface area contributed by atoms with E-state index in [-0.39, 0.29) is 5.91 Å². The monoisotopic (exact) mass is 412 g/mol. The summed E-state index contributed by atoms with van der Waals surface area (Å²) in [6, 6.07) is 16.0. The Morgan fingerprint density at radius 2 is 1.76 bits per heavy atom. The van der Waals surface area contributed by atoms with E-state index in [4.69, 9.17) is 16.3 Å². The third kappa shape index (κ3) is 4.29. The van der Waals surface area contributed by atoms with Crippen molar-refractivity contribution in [3.63, 3.8) is 0 Å². The maximum Gasteiger partial charge on any atom is 0.235 e. The van der Waals surface area contributed by atoms with E-state index < -0.39 is 5.41 Å². The summed E-state index contributed by atoms with van der Waals surface area (Å²) in [7, 11) is 1.78. The van der Waals surface area contributed by atoms with E-state index in [9.17, 15) is 4.79 Å². The van der Waals surface area contributed by atoms with Crippen LogP contribution in [0, 0.1) is 0 Å². The van der Waals surface area contributed by atoms with E-state index in [0.29, 0.717) is 11.1 Å². The highest BCUT2D eigenvalue weighted by molar-refractivity contribution is 6.30. The van der Waals surface area contributed by atoms with Crippen LogP contribution in [0.1, 0.15) is 44.1 Å². The maximum absolute atomic E-state index is 13.3. The van der Waals surface area contributed by atoms with Gasteiger partial charge >= 0.3 is 0 Å². The predicted molar refractivity (Wildman–Crippen MR) is 119 cm³/mol. The van der Waals surface area contributed by atoms with Crippen molar-refractivity contribution in [2.24, 2.45) is 0 Å². The molecule has 1 aliphatic carbocycles. The summed E-state index contributed by atoms with van der Waals surface area (Å²) in [6.45, 7) is 1.97. The highest BCUT2D eigenvalue weighted by Gasteiger charge is 2.42. The van der Waals surface area contributed by atoms with Crippen molar-refractivity contribution in [1.82, 2.24) is 0 Å². The normalized spacial score (nSPS) is 21.2. The van der Waals surface area contributed by atoms with Crippen LogP contribution in [-0.4, -0.2) is 32.2 Å². The minimum absolute atomic E-state index is 0.0856. The quantitative estimate of drug-likeness (QED) is 0.714. The van der Waals surface area contributed by atoms with Gasteiger partial charge in [0.25, 0.3) is 0 Å². The highest BCUT2D eigenvalue weighted by Crippen LogP contribution is 2.42. The van der Waals surface area contributed by atoms with E-state index in [1.807, 2.05) is 36.4 Å². The van der Waals surface area contributed by atoms with Gasteiger partial charge in [-0.1, -0.05) is 36.6 Å². The van der Waals surface area contributed by atoms with Crippen LogP contribution >= 0.6 is 11.6 Å². The highest BCUT2D eigenvalue weighted by atomic mass is 35.5. The number of hydrogen-bond donors (Lipinski definition) is 1. The van der Waals surface area contributed by atoms with Gasteiger partial charge in [-0.3, -0.25) is 4.79 Å². The number of carbonyl (C=O) groups is 1. The molecule has 4 rings (SSSR count). The van der Waals surface area contributed by atoms with Crippen molar-refractivity contribution in [3.05, 3.63) is 59.1 Å². The summed E-state index contributed by atoms with van der Waals surface area (Å²) >= 11 is 6.06. The Morgan fingerprint density at radius 1 is 1.07 bits per heavy atom. The number of hydrogen-bond acceptors (Lipinski definition) is 3. The number of anilines is 2. The molecule has 0 bridgehead atoms. The molecule has 1 atom stereocenters. The van der Waals surface area contributed by atoms with Crippen molar-refractivity contribution >= 4 is 28.9 Å². The number of carbonyl (C=O) groups excluding carboxylic acids is 1. The van der Waals surface area contributed by atoms with Gasteiger partial charge in [0, 0.05) is 36.6 Å². The summed E-state index contributed by atoms with van der Waals surface area (Å²) in [6.07, 6.45) is 6.46. The molecule has 2 aliphatic rings. The van der Waals surface area contributed by atoms with Crippen LogP contribution in [0.4, 0.5) is 11.4 Å². The molecule has 0 aromatic heterocycles. The maximum atomic E-state index is 13.3. The van der Waals surface area contributed by atoms with E-state index in [1.165, 1.54) is 5.69 Å². The molecule has 29 heavy (non-hydrogen) atoms. The second-order valence-corrected chi connectivity index (χ2v) is 8.68. The van der Waals surface area contributed by atoms with Crippen molar-refractivity contribution in [3.8, 4) is 0 Å². The number of methoxy groups -OCH3 is 1. The zero-order valence-corrected chi connectivity index (χ0v) is 17.8. The molecule has 1 unspecified atom stereocenters. The van der Waals surface area contributed by atoms with Crippen LogP contribution in [0.3, 0.4) is 0 Å².